The fourth-order valence-corrected chi connectivity index (χ4v) is 1.98. The summed E-state index contributed by atoms with van der Waals surface area (Å²) in [5, 5.41) is 0. The van der Waals surface area contributed by atoms with Crippen LogP contribution < -0.4 is 5.73 Å². The molecule has 2 N–H and O–H groups in total. The molecule has 0 aromatic carbocycles. The van der Waals surface area contributed by atoms with Crippen LogP contribution in [-0.4, -0.2) is 43.2 Å². The van der Waals surface area contributed by atoms with Crippen molar-refractivity contribution in [2.24, 2.45) is 11.7 Å². The smallest absolute Gasteiger partial charge is 0.223 e. The number of carbonyl (C=O) groups excluding carboxylic acids is 1. The van der Waals surface area contributed by atoms with Crippen molar-refractivity contribution in [1.29, 1.82) is 0 Å². The van der Waals surface area contributed by atoms with Gasteiger partial charge in [-0.05, 0) is 12.8 Å². The fraction of sp³-hybridized carbons (Fsp3) is 0.909. The molecule has 2 unspecified atom stereocenters. The van der Waals surface area contributed by atoms with Crippen molar-refractivity contribution < 1.29 is 9.53 Å². The second-order valence-corrected chi connectivity index (χ2v) is 4.09. The van der Waals surface area contributed by atoms with E-state index in [2.05, 4.69) is 6.92 Å². The summed E-state index contributed by atoms with van der Waals surface area (Å²) in [6.45, 7) is 6.74. The van der Waals surface area contributed by atoms with Crippen molar-refractivity contribution in [3.63, 3.8) is 0 Å². The van der Waals surface area contributed by atoms with E-state index < -0.39 is 0 Å². The van der Waals surface area contributed by atoms with Crippen LogP contribution in [0.1, 0.15) is 26.7 Å². The summed E-state index contributed by atoms with van der Waals surface area (Å²) in [5.41, 5.74) is 5.59. The maximum atomic E-state index is 11.6. The van der Waals surface area contributed by atoms with Crippen LogP contribution in [0, 0.1) is 5.92 Å². The number of likely N-dealkylation sites (tertiary alicyclic amines) is 1. The quantitative estimate of drug-likeness (QED) is 0.704. The monoisotopic (exact) mass is 214 g/mol. The second kappa shape index (κ2) is 6.08. The Morgan fingerprint density at radius 3 is 2.80 bits per heavy atom. The SMILES string of the molecule is CCOC(CN)CN1CC(CC)CC1=O. The molecule has 1 fully saturated rings. The fourth-order valence-electron chi connectivity index (χ4n) is 1.98. The lowest BCUT2D eigenvalue weighted by Crippen LogP contribution is -2.39. The van der Waals surface area contributed by atoms with E-state index in [0.717, 1.165) is 13.0 Å². The molecule has 4 nitrogen and oxygen atoms in total. The van der Waals surface area contributed by atoms with Gasteiger partial charge in [0.1, 0.15) is 0 Å². The molecule has 0 aromatic heterocycles. The Labute approximate surface area is 91.8 Å². The lowest BCUT2D eigenvalue weighted by Gasteiger charge is -2.22. The molecular formula is C11H22N2O2. The van der Waals surface area contributed by atoms with Gasteiger partial charge in [0, 0.05) is 32.7 Å². The molecule has 1 heterocycles. The number of amides is 1. The maximum Gasteiger partial charge on any atom is 0.223 e. The molecule has 0 aliphatic carbocycles. The highest BCUT2D eigenvalue weighted by molar-refractivity contribution is 5.78. The first-order chi connectivity index (χ1) is 7.21. The van der Waals surface area contributed by atoms with Crippen LogP contribution in [-0.2, 0) is 9.53 Å². The van der Waals surface area contributed by atoms with Crippen LogP contribution in [0.15, 0.2) is 0 Å². The number of hydrogen-bond donors (Lipinski definition) is 1. The highest BCUT2D eigenvalue weighted by Crippen LogP contribution is 2.20. The largest absolute Gasteiger partial charge is 0.375 e. The summed E-state index contributed by atoms with van der Waals surface area (Å²) in [7, 11) is 0. The van der Waals surface area contributed by atoms with Gasteiger partial charge in [-0.25, -0.2) is 0 Å². The van der Waals surface area contributed by atoms with Crippen molar-refractivity contribution >= 4 is 5.91 Å². The Morgan fingerprint density at radius 2 is 2.33 bits per heavy atom. The van der Waals surface area contributed by atoms with Crippen LogP contribution in [0.4, 0.5) is 0 Å². The third-order valence-electron chi connectivity index (χ3n) is 2.96. The zero-order chi connectivity index (χ0) is 11.3. The van der Waals surface area contributed by atoms with Crippen LogP contribution in [0.5, 0.6) is 0 Å². The van der Waals surface area contributed by atoms with Crippen molar-refractivity contribution in [3.05, 3.63) is 0 Å². The molecule has 0 bridgehead atoms. The van der Waals surface area contributed by atoms with Gasteiger partial charge < -0.3 is 15.4 Å². The van der Waals surface area contributed by atoms with Crippen molar-refractivity contribution in [1.82, 2.24) is 4.90 Å². The van der Waals surface area contributed by atoms with Gasteiger partial charge in [0.2, 0.25) is 5.91 Å². The minimum Gasteiger partial charge on any atom is -0.375 e. The van der Waals surface area contributed by atoms with Gasteiger partial charge in [0.15, 0.2) is 0 Å². The zero-order valence-corrected chi connectivity index (χ0v) is 9.74. The van der Waals surface area contributed by atoms with E-state index >= 15 is 0 Å². The first kappa shape index (κ1) is 12.5. The average molecular weight is 214 g/mol. The number of rotatable bonds is 6. The number of carbonyl (C=O) groups is 1. The van der Waals surface area contributed by atoms with Gasteiger partial charge in [-0.15, -0.1) is 0 Å². The Kier molecular flexibility index (Phi) is 5.05. The lowest BCUT2D eigenvalue weighted by atomic mass is 10.1. The van der Waals surface area contributed by atoms with Crippen molar-refractivity contribution in [2.45, 2.75) is 32.8 Å². The molecule has 0 radical (unpaired) electrons. The van der Waals surface area contributed by atoms with Crippen molar-refractivity contribution in [2.75, 3.05) is 26.2 Å². The molecule has 2 atom stereocenters. The van der Waals surface area contributed by atoms with Gasteiger partial charge in [0.05, 0.1) is 6.10 Å². The number of hydrogen-bond acceptors (Lipinski definition) is 3. The third kappa shape index (κ3) is 3.47. The average Bonchev–Trinajstić information content (AvgIpc) is 2.59. The molecule has 4 heteroatoms. The topological polar surface area (TPSA) is 55.6 Å². The minimum atomic E-state index is -0.00504. The highest BCUT2D eigenvalue weighted by Gasteiger charge is 2.29. The van der Waals surface area contributed by atoms with Crippen LogP contribution in [0.3, 0.4) is 0 Å². The van der Waals surface area contributed by atoms with Gasteiger partial charge in [-0.2, -0.15) is 0 Å². The predicted molar refractivity (Wildman–Crippen MR) is 59.4 cm³/mol. The Morgan fingerprint density at radius 1 is 1.60 bits per heavy atom. The van der Waals surface area contributed by atoms with E-state index in [1.54, 1.807) is 0 Å². The van der Waals surface area contributed by atoms with Crippen molar-refractivity contribution in [3.8, 4) is 0 Å². The zero-order valence-electron chi connectivity index (χ0n) is 9.74. The van der Waals surface area contributed by atoms with Crippen LogP contribution in [0.2, 0.25) is 0 Å². The third-order valence-corrected chi connectivity index (χ3v) is 2.96. The minimum absolute atomic E-state index is 0.00504. The van der Waals surface area contributed by atoms with E-state index in [1.807, 2.05) is 11.8 Å². The Balaban J connectivity index is 2.40. The normalized spacial score (nSPS) is 23.5. The number of nitrogens with two attached hydrogens (primary N) is 1. The molecule has 1 saturated heterocycles. The molecule has 88 valence electrons. The van der Waals surface area contributed by atoms with E-state index in [1.165, 1.54) is 0 Å². The van der Waals surface area contributed by atoms with Gasteiger partial charge >= 0.3 is 0 Å². The molecule has 1 amide bonds. The predicted octanol–water partition coefficient (Wildman–Crippen LogP) is 0.609. The van der Waals surface area contributed by atoms with Crippen LogP contribution >= 0.6 is 0 Å². The summed E-state index contributed by atoms with van der Waals surface area (Å²) in [6, 6.07) is 0. The molecule has 0 spiro atoms. The summed E-state index contributed by atoms with van der Waals surface area (Å²) >= 11 is 0. The Hall–Kier alpha value is -0.610. The number of ether oxygens (including phenoxy) is 1. The molecule has 1 rings (SSSR count). The first-order valence-electron chi connectivity index (χ1n) is 5.80. The van der Waals surface area contributed by atoms with Gasteiger partial charge in [0.25, 0.3) is 0 Å². The van der Waals surface area contributed by atoms with E-state index in [0.29, 0.717) is 32.0 Å². The van der Waals surface area contributed by atoms with E-state index in [-0.39, 0.29) is 12.0 Å². The first-order valence-corrected chi connectivity index (χ1v) is 5.80. The highest BCUT2D eigenvalue weighted by atomic mass is 16.5. The molecule has 0 aromatic rings. The standard InChI is InChI=1S/C11H22N2O2/c1-3-9-5-11(14)13(7-9)8-10(6-12)15-4-2/h9-10H,3-8,12H2,1-2H3. The summed E-state index contributed by atoms with van der Waals surface area (Å²) in [6.07, 6.45) is 1.76. The lowest BCUT2D eigenvalue weighted by molar-refractivity contribution is -0.129. The van der Waals surface area contributed by atoms with Gasteiger partial charge in [-0.1, -0.05) is 13.3 Å². The second-order valence-electron chi connectivity index (χ2n) is 4.09. The molecule has 1 aliphatic heterocycles. The summed E-state index contributed by atoms with van der Waals surface area (Å²) < 4.78 is 5.45. The summed E-state index contributed by atoms with van der Waals surface area (Å²) in [4.78, 5) is 13.5. The molecular weight excluding hydrogens is 192 g/mol. The van der Waals surface area contributed by atoms with Gasteiger partial charge in [-0.3, -0.25) is 4.79 Å². The number of nitrogens with zero attached hydrogens (tertiary/aromatic N) is 1. The molecule has 15 heavy (non-hydrogen) atoms. The van der Waals surface area contributed by atoms with E-state index in [4.69, 9.17) is 10.5 Å². The van der Waals surface area contributed by atoms with E-state index in [9.17, 15) is 4.79 Å². The summed E-state index contributed by atoms with van der Waals surface area (Å²) in [5.74, 6) is 0.776. The Bertz CT molecular complexity index is 209. The molecule has 1 aliphatic rings. The van der Waals surface area contributed by atoms with Crippen LogP contribution in [0.25, 0.3) is 0 Å². The maximum absolute atomic E-state index is 11.6. The molecule has 0 saturated carbocycles.